The van der Waals surface area contributed by atoms with Gasteiger partial charge in [-0.3, -0.25) is 0 Å². The molecule has 4 aromatic rings. The van der Waals surface area contributed by atoms with Gasteiger partial charge in [-0.2, -0.15) is 0 Å². The van der Waals surface area contributed by atoms with E-state index in [4.69, 9.17) is 9.47 Å². The van der Waals surface area contributed by atoms with Crippen molar-refractivity contribution < 1.29 is 19.1 Å². The SMILES string of the molecule is CC(=O)Oc1ccc([As+](C)(c2ccc(OC(C)=O)cc2)c2cccc3ccccc23)cc1. The van der Waals surface area contributed by atoms with Crippen LogP contribution in [-0.2, 0) is 9.59 Å². The molecular weight excluding hydrogens is 463 g/mol. The van der Waals surface area contributed by atoms with E-state index in [9.17, 15) is 9.59 Å². The predicted molar refractivity (Wildman–Crippen MR) is 130 cm³/mol. The van der Waals surface area contributed by atoms with Crippen molar-refractivity contribution in [2.75, 3.05) is 0 Å². The van der Waals surface area contributed by atoms with E-state index in [1.807, 2.05) is 24.3 Å². The van der Waals surface area contributed by atoms with Gasteiger partial charge in [-0.05, 0) is 0 Å². The van der Waals surface area contributed by atoms with Crippen LogP contribution in [0, 0.1) is 0 Å². The molecule has 32 heavy (non-hydrogen) atoms. The van der Waals surface area contributed by atoms with Crippen LogP contribution < -0.4 is 22.5 Å². The summed E-state index contributed by atoms with van der Waals surface area (Å²) in [6, 6.07) is 30.6. The first-order valence-corrected chi connectivity index (χ1v) is 15.0. The molecule has 0 unspecified atom stereocenters. The molecule has 0 N–H and O–H groups in total. The Morgan fingerprint density at radius 3 is 1.59 bits per heavy atom. The number of ether oxygens (including phenoxy) is 2. The molecule has 0 heterocycles. The predicted octanol–water partition coefficient (Wildman–Crippen LogP) is 3.79. The molecule has 0 saturated heterocycles. The molecule has 0 fully saturated rings. The number of carbonyl (C=O) groups excluding carboxylic acids is 2. The summed E-state index contributed by atoms with van der Waals surface area (Å²) >= 11 is -2.91. The Morgan fingerprint density at radius 1 is 0.625 bits per heavy atom. The van der Waals surface area contributed by atoms with Gasteiger partial charge in [0.15, 0.2) is 0 Å². The zero-order chi connectivity index (χ0) is 22.7. The molecule has 0 aliphatic carbocycles. The van der Waals surface area contributed by atoms with Crippen molar-refractivity contribution in [1.29, 1.82) is 0 Å². The molecule has 0 aromatic heterocycles. The molecule has 0 bridgehead atoms. The Balaban J connectivity index is 1.90. The Kier molecular flexibility index (Phi) is 6.16. The minimum atomic E-state index is -2.91. The van der Waals surface area contributed by atoms with Gasteiger partial charge in [0, 0.05) is 0 Å². The number of benzene rings is 4. The Hall–Kier alpha value is -3.36. The third-order valence-electron chi connectivity index (χ3n) is 5.48. The van der Waals surface area contributed by atoms with Crippen LogP contribution in [-0.4, -0.2) is 25.5 Å². The summed E-state index contributed by atoms with van der Waals surface area (Å²) in [4.78, 5) is 22.7. The minimum absolute atomic E-state index is 0.337. The Labute approximate surface area is 190 Å². The van der Waals surface area contributed by atoms with Crippen LogP contribution in [0.2, 0.25) is 5.71 Å². The van der Waals surface area contributed by atoms with Crippen LogP contribution in [0.1, 0.15) is 13.8 Å². The second-order valence-electron chi connectivity index (χ2n) is 7.68. The van der Waals surface area contributed by atoms with Crippen molar-refractivity contribution in [1.82, 2.24) is 0 Å². The van der Waals surface area contributed by atoms with Gasteiger partial charge in [-0.25, -0.2) is 0 Å². The van der Waals surface area contributed by atoms with Crippen molar-refractivity contribution in [2.24, 2.45) is 0 Å². The molecular formula is C27H24AsO4+. The van der Waals surface area contributed by atoms with Gasteiger partial charge in [0.05, 0.1) is 0 Å². The van der Waals surface area contributed by atoms with Gasteiger partial charge in [-0.15, -0.1) is 0 Å². The first kappa shape index (κ1) is 21.9. The summed E-state index contributed by atoms with van der Waals surface area (Å²) in [5, 5.41) is 2.43. The van der Waals surface area contributed by atoms with Crippen LogP contribution in [0.3, 0.4) is 0 Å². The van der Waals surface area contributed by atoms with Crippen molar-refractivity contribution >= 4 is 49.3 Å². The van der Waals surface area contributed by atoms with Crippen molar-refractivity contribution in [3.8, 4) is 11.5 Å². The topological polar surface area (TPSA) is 52.6 Å². The van der Waals surface area contributed by atoms with Crippen LogP contribution in [0.25, 0.3) is 10.8 Å². The number of carbonyl (C=O) groups is 2. The van der Waals surface area contributed by atoms with Crippen molar-refractivity contribution in [3.63, 3.8) is 0 Å². The summed E-state index contributed by atoms with van der Waals surface area (Å²) in [7, 11) is 0. The third-order valence-corrected chi connectivity index (χ3v) is 13.9. The molecule has 160 valence electrons. The standard InChI is InChI=1S/C27H24AsO4/c1-19(29)31-24-15-11-22(12-16-24)28(3,23-13-17-25(18-14-23)32-20(2)30)27-10-6-8-21-7-4-5-9-26(21)27/h4-18H,1-3H3/q+1. The van der Waals surface area contributed by atoms with Gasteiger partial charge in [0.25, 0.3) is 0 Å². The average Bonchev–Trinajstić information content (AvgIpc) is 2.78. The van der Waals surface area contributed by atoms with Crippen molar-refractivity contribution in [2.45, 2.75) is 19.6 Å². The monoisotopic (exact) mass is 487 g/mol. The fraction of sp³-hybridized carbons (Fsp3) is 0.111. The number of esters is 2. The normalized spacial score (nSPS) is 11.2. The van der Waals surface area contributed by atoms with Gasteiger partial charge >= 0.3 is 190 Å². The second-order valence-corrected chi connectivity index (χ2v) is 15.1. The number of hydrogen-bond acceptors (Lipinski definition) is 4. The number of rotatable bonds is 5. The molecule has 4 nitrogen and oxygen atoms in total. The average molecular weight is 487 g/mol. The molecule has 0 aliphatic rings. The first-order valence-electron chi connectivity index (χ1n) is 10.3. The molecule has 0 amide bonds. The quantitative estimate of drug-likeness (QED) is 0.244. The molecule has 0 spiro atoms. The van der Waals surface area contributed by atoms with Crippen LogP contribution in [0.15, 0.2) is 91.0 Å². The second kappa shape index (κ2) is 9.02. The van der Waals surface area contributed by atoms with Gasteiger partial charge in [0.2, 0.25) is 0 Å². The first-order chi connectivity index (χ1) is 15.4. The Morgan fingerprint density at radius 2 is 1.09 bits per heavy atom. The molecule has 0 saturated carbocycles. The van der Waals surface area contributed by atoms with E-state index < -0.39 is 13.6 Å². The fourth-order valence-corrected chi connectivity index (χ4v) is 11.1. The van der Waals surface area contributed by atoms with Gasteiger partial charge < -0.3 is 0 Å². The van der Waals surface area contributed by atoms with E-state index in [1.165, 1.54) is 37.7 Å². The van der Waals surface area contributed by atoms with Gasteiger partial charge in [-0.1, -0.05) is 0 Å². The molecule has 5 heteroatoms. The maximum absolute atomic E-state index is 11.3. The maximum atomic E-state index is 11.3. The fourth-order valence-electron chi connectivity index (χ4n) is 3.98. The van der Waals surface area contributed by atoms with E-state index in [1.54, 1.807) is 0 Å². The summed E-state index contributed by atoms with van der Waals surface area (Å²) in [5.41, 5.74) is 2.35. The number of fused-ring (bicyclic) bond motifs is 1. The van der Waals surface area contributed by atoms with Crippen LogP contribution in [0.5, 0.6) is 11.5 Å². The Bertz CT molecular complexity index is 1210. The summed E-state index contributed by atoms with van der Waals surface area (Å²) < 4.78 is 14.3. The van der Waals surface area contributed by atoms with E-state index in [-0.39, 0.29) is 11.9 Å². The van der Waals surface area contributed by atoms with E-state index >= 15 is 0 Å². The molecule has 0 radical (unpaired) electrons. The van der Waals surface area contributed by atoms with Crippen LogP contribution >= 0.6 is 0 Å². The summed E-state index contributed by atoms with van der Waals surface area (Å²) in [6.07, 6.45) is 0. The number of hydrogen-bond donors (Lipinski definition) is 0. The summed E-state index contributed by atoms with van der Waals surface area (Å²) in [5.74, 6) is 0.393. The van der Waals surface area contributed by atoms with E-state index in [0.29, 0.717) is 11.5 Å². The molecule has 4 aromatic carbocycles. The van der Waals surface area contributed by atoms with Crippen LogP contribution in [0.4, 0.5) is 0 Å². The summed E-state index contributed by atoms with van der Waals surface area (Å²) in [6.45, 7) is 2.80. The molecule has 0 atom stereocenters. The van der Waals surface area contributed by atoms with Gasteiger partial charge in [0.1, 0.15) is 0 Å². The zero-order valence-electron chi connectivity index (χ0n) is 18.2. The van der Waals surface area contributed by atoms with Crippen molar-refractivity contribution in [3.05, 3.63) is 91.0 Å². The van der Waals surface area contributed by atoms with E-state index in [0.717, 1.165) is 0 Å². The zero-order valence-corrected chi connectivity index (χ0v) is 20.1. The molecule has 0 aliphatic heterocycles. The molecule has 4 rings (SSSR count). The third kappa shape index (κ3) is 4.32. The van der Waals surface area contributed by atoms with E-state index in [2.05, 4.69) is 72.4 Å².